The molecule has 1 heterocycles. The van der Waals surface area contributed by atoms with Gasteiger partial charge in [-0.25, -0.2) is 0 Å². The molecule has 0 aliphatic heterocycles. The Morgan fingerprint density at radius 2 is 1.79 bits per heavy atom. The molecule has 0 aliphatic rings. The fourth-order valence-corrected chi connectivity index (χ4v) is 3.54. The predicted octanol–water partition coefficient (Wildman–Crippen LogP) is 3.81. The van der Waals surface area contributed by atoms with Crippen molar-refractivity contribution in [2.45, 2.75) is 24.3 Å². The minimum Gasteiger partial charge on any atom is -0.496 e. The van der Waals surface area contributed by atoms with Crippen LogP contribution in [-0.2, 0) is 11.8 Å². The third-order valence-corrected chi connectivity index (χ3v) is 5.53. The Bertz CT molecular complexity index is 1030. The van der Waals surface area contributed by atoms with Crippen molar-refractivity contribution in [2.24, 2.45) is 7.05 Å². The molecule has 1 N–H and O–H groups in total. The number of nitrogens with one attached hydrogen (secondary N) is 1. The first-order valence-corrected chi connectivity index (χ1v) is 9.90. The number of ether oxygens (including phenoxy) is 1. The van der Waals surface area contributed by atoms with E-state index in [1.54, 1.807) is 38.3 Å². The second-order valence-electron chi connectivity index (χ2n) is 6.45. The lowest BCUT2D eigenvalue weighted by atomic mass is 10.1. The summed E-state index contributed by atoms with van der Waals surface area (Å²) in [5, 5.41) is 11.6. The number of carbonyl (C=O) groups is 2. The highest BCUT2D eigenvalue weighted by atomic mass is 32.2. The minimum absolute atomic E-state index is 0.0140. The molecule has 1 aromatic heterocycles. The molecule has 8 heteroatoms. The van der Waals surface area contributed by atoms with Crippen LogP contribution in [0.5, 0.6) is 5.75 Å². The highest BCUT2D eigenvalue weighted by Crippen LogP contribution is 2.31. The molecule has 1 amide bonds. The van der Waals surface area contributed by atoms with E-state index >= 15 is 0 Å². The Balaban J connectivity index is 1.70. The van der Waals surface area contributed by atoms with E-state index in [-0.39, 0.29) is 11.7 Å². The highest BCUT2D eigenvalue weighted by molar-refractivity contribution is 8.00. The van der Waals surface area contributed by atoms with E-state index in [0.717, 1.165) is 5.56 Å². The predicted molar refractivity (Wildman–Crippen MR) is 113 cm³/mol. The third kappa shape index (κ3) is 4.65. The molecule has 0 saturated heterocycles. The summed E-state index contributed by atoms with van der Waals surface area (Å²) in [6, 6.07) is 14.4. The molecule has 150 valence electrons. The molecule has 3 aromatic rings. The van der Waals surface area contributed by atoms with E-state index in [1.165, 1.54) is 18.7 Å². The molecule has 0 fully saturated rings. The summed E-state index contributed by atoms with van der Waals surface area (Å²) in [7, 11) is 3.47. The summed E-state index contributed by atoms with van der Waals surface area (Å²) in [5.74, 6) is 1.20. The van der Waals surface area contributed by atoms with Crippen molar-refractivity contribution in [3.05, 3.63) is 54.1 Å². The van der Waals surface area contributed by atoms with Gasteiger partial charge in [-0.3, -0.25) is 9.59 Å². The highest BCUT2D eigenvalue weighted by Gasteiger charge is 2.20. The number of hydrogen-bond acceptors (Lipinski definition) is 6. The first-order chi connectivity index (χ1) is 13.9. The SMILES string of the molecule is COc1ccccc1-c1nnc(SC(C)C(=O)Nc2ccc(C(C)=O)cc2)n1C. The molecule has 0 radical (unpaired) electrons. The number of amides is 1. The number of para-hydroxylation sites is 1. The number of Topliss-reactive ketones (excluding diaryl/α,β-unsaturated/α-hetero) is 1. The Morgan fingerprint density at radius 1 is 1.10 bits per heavy atom. The van der Waals surface area contributed by atoms with Crippen LogP contribution >= 0.6 is 11.8 Å². The maximum Gasteiger partial charge on any atom is 0.237 e. The topological polar surface area (TPSA) is 86.1 Å². The molecule has 29 heavy (non-hydrogen) atoms. The second kappa shape index (κ2) is 8.91. The van der Waals surface area contributed by atoms with Crippen LogP contribution in [0.25, 0.3) is 11.4 Å². The first kappa shape index (κ1) is 20.6. The summed E-state index contributed by atoms with van der Waals surface area (Å²) < 4.78 is 7.24. The van der Waals surface area contributed by atoms with Crippen molar-refractivity contribution >= 4 is 29.1 Å². The molecule has 1 unspecified atom stereocenters. The molecule has 2 aromatic carbocycles. The summed E-state index contributed by atoms with van der Waals surface area (Å²) in [6.07, 6.45) is 0. The molecule has 0 bridgehead atoms. The summed E-state index contributed by atoms with van der Waals surface area (Å²) in [4.78, 5) is 23.9. The van der Waals surface area contributed by atoms with Gasteiger partial charge in [-0.2, -0.15) is 0 Å². The number of hydrogen-bond donors (Lipinski definition) is 1. The van der Waals surface area contributed by atoms with Crippen LogP contribution < -0.4 is 10.1 Å². The lowest BCUT2D eigenvalue weighted by Crippen LogP contribution is -2.22. The van der Waals surface area contributed by atoms with Crippen LogP contribution in [0.1, 0.15) is 24.2 Å². The molecular formula is C21H22N4O3S. The Kier molecular flexibility index (Phi) is 6.33. The molecular weight excluding hydrogens is 388 g/mol. The number of carbonyl (C=O) groups excluding carboxylic acids is 2. The van der Waals surface area contributed by atoms with Gasteiger partial charge in [-0.05, 0) is 50.2 Å². The maximum absolute atomic E-state index is 12.5. The summed E-state index contributed by atoms with van der Waals surface area (Å²) in [6.45, 7) is 3.31. The molecule has 0 saturated carbocycles. The molecule has 3 rings (SSSR count). The normalized spacial score (nSPS) is 11.7. The van der Waals surface area contributed by atoms with Crippen molar-refractivity contribution in [3.63, 3.8) is 0 Å². The van der Waals surface area contributed by atoms with Crippen LogP contribution in [0.15, 0.2) is 53.7 Å². The largest absolute Gasteiger partial charge is 0.496 e. The van der Waals surface area contributed by atoms with Gasteiger partial charge in [0, 0.05) is 18.3 Å². The first-order valence-electron chi connectivity index (χ1n) is 9.02. The van der Waals surface area contributed by atoms with Gasteiger partial charge in [0.2, 0.25) is 5.91 Å². The van der Waals surface area contributed by atoms with Gasteiger partial charge in [-0.15, -0.1) is 10.2 Å². The lowest BCUT2D eigenvalue weighted by molar-refractivity contribution is -0.115. The van der Waals surface area contributed by atoms with Gasteiger partial charge in [0.15, 0.2) is 16.8 Å². The van der Waals surface area contributed by atoms with Gasteiger partial charge < -0.3 is 14.6 Å². The quantitative estimate of drug-likeness (QED) is 0.471. The molecule has 1 atom stereocenters. The van der Waals surface area contributed by atoms with Crippen LogP contribution in [0.3, 0.4) is 0 Å². The molecule has 0 aliphatic carbocycles. The smallest absolute Gasteiger partial charge is 0.237 e. The van der Waals surface area contributed by atoms with Crippen LogP contribution in [0, 0.1) is 0 Å². The van der Waals surface area contributed by atoms with E-state index in [9.17, 15) is 9.59 Å². The van der Waals surface area contributed by atoms with Gasteiger partial charge >= 0.3 is 0 Å². The van der Waals surface area contributed by atoms with Gasteiger partial charge in [0.25, 0.3) is 0 Å². The third-order valence-electron chi connectivity index (χ3n) is 4.39. The number of benzene rings is 2. The second-order valence-corrected chi connectivity index (χ2v) is 7.76. The average Bonchev–Trinajstić information content (AvgIpc) is 3.08. The molecule has 0 spiro atoms. The van der Waals surface area contributed by atoms with Crippen LogP contribution in [-0.4, -0.2) is 38.8 Å². The van der Waals surface area contributed by atoms with Crippen LogP contribution in [0.4, 0.5) is 5.69 Å². The zero-order valence-electron chi connectivity index (χ0n) is 16.7. The zero-order valence-corrected chi connectivity index (χ0v) is 17.5. The maximum atomic E-state index is 12.5. The number of ketones is 1. The summed E-state index contributed by atoms with van der Waals surface area (Å²) in [5.41, 5.74) is 2.08. The lowest BCUT2D eigenvalue weighted by Gasteiger charge is -2.12. The van der Waals surface area contributed by atoms with E-state index in [0.29, 0.717) is 28.0 Å². The fraction of sp³-hybridized carbons (Fsp3) is 0.238. The number of aromatic nitrogens is 3. The number of thioether (sulfide) groups is 1. The van der Waals surface area contributed by atoms with Gasteiger partial charge in [-0.1, -0.05) is 23.9 Å². The van der Waals surface area contributed by atoms with E-state index in [1.807, 2.05) is 35.9 Å². The Labute approximate surface area is 173 Å². The molecule has 7 nitrogen and oxygen atoms in total. The average molecular weight is 410 g/mol. The monoisotopic (exact) mass is 410 g/mol. The van der Waals surface area contributed by atoms with E-state index in [4.69, 9.17) is 4.74 Å². The summed E-state index contributed by atoms with van der Waals surface area (Å²) >= 11 is 1.32. The Hall–Kier alpha value is -3.13. The zero-order chi connectivity index (χ0) is 21.0. The van der Waals surface area contributed by atoms with Crippen molar-refractivity contribution in [1.29, 1.82) is 0 Å². The van der Waals surface area contributed by atoms with Crippen molar-refractivity contribution < 1.29 is 14.3 Å². The van der Waals surface area contributed by atoms with Crippen molar-refractivity contribution in [1.82, 2.24) is 14.8 Å². The number of rotatable bonds is 7. The fourth-order valence-electron chi connectivity index (χ4n) is 2.73. The number of anilines is 1. The Morgan fingerprint density at radius 3 is 2.45 bits per heavy atom. The number of methoxy groups -OCH3 is 1. The van der Waals surface area contributed by atoms with E-state index in [2.05, 4.69) is 15.5 Å². The number of nitrogens with zero attached hydrogens (tertiary/aromatic N) is 3. The van der Waals surface area contributed by atoms with Crippen molar-refractivity contribution in [3.8, 4) is 17.1 Å². The standard InChI is InChI=1S/C21H22N4O3S/c1-13(26)15-9-11-16(12-10-15)22-20(27)14(2)29-21-24-23-19(25(21)3)17-7-5-6-8-18(17)28-4/h5-12,14H,1-4H3,(H,22,27). The van der Waals surface area contributed by atoms with Crippen LogP contribution in [0.2, 0.25) is 0 Å². The van der Waals surface area contributed by atoms with Crippen molar-refractivity contribution in [2.75, 3.05) is 12.4 Å². The van der Waals surface area contributed by atoms with Gasteiger partial charge in [0.1, 0.15) is 5.75 Å². The minimum atomic E-state index is -0.393. The van der Waals surface area contributed by atoms with Gasteiger partial charge in [0.05, 0.1) is 17.9 Å². The van der Waals surface area contributed by atoms with E-state index < -0.39 is 5.25 Å².